The fourth-order valence-corrected chi connectivity index (χ4v) is 2.67. The van der Waals surface area contributed by atoms with Gasteiger partial charge in [0.15, 0.2) is 0 Å². The highest BCUT2D eigenvalue weighted by Crippen LogP contribution is 2.34. The predicted molar refractivity (Wildman–Crippen MR) is 74.1 cm³/mol. The summed E-state index contributed by atoms with van der Waals surface area (Å²) in [7, 11) is 0. The molecule has 0 fully saturated rings. The minimum Gasteiger partial charge on any atom is -0.346 e. The first-order chi connectivity index (χ1) is 8.92. The minimum absolute atomic E-state index is 0.962. The van der Waals surface area contributed by atoms with E-state index < -0.39 is 0 Å². The standard InChI is InChI=1S/C16H12N2/c1-2-5-12-9-13(8-11(12)4-1)15-10-18-16-14(15)6-3-7-17-16/h1-8,10H,9H2,(H,17,18). The second-order valence-corrected chi connectivity index (χ2v) is 4.65. The highest BCUT2D eigenvalue weighted by Gasteiger charge is 2.16. The summed E-state index contributed by atoms with van der Waals surface area (Å²) < 4.78 is 0. The third kappa shape index (κ3) is 1.32. The molecule has 0 unspecified atom stereocenters. The summed E-state index contributed by atoms with van der Waals surface area (Å²) >= 11 is 0. The molecule has 2 heterocycles. The van der Waals surface area contributed by atoms with Crippen molar-refractivity contribution in [3.63, 3.8) is 0 Å². The van der Waals surface area contributed by atoms with Crippen LogP contribution in [0.15, 0.2) is 48.8 Å². The quantitative estimate of drug-likeness (QED) is 0.681. The first kappa shape index (κ1) is 9.66. The van der Waals surface area contributed by atoms with Crippen LogP contribution in [0.25, 0.3) is 22.7 Å². The van der Waals surface area contributed by atoms with Crippen molar-refractivity contribution in [2.75, 3.05) is 0 Å². The fraction of sp³-hybridized carbons (Fsp3) is 0.0625. The average Bonchev–Trinajstić information content (AvgIpc) is 3.02. The molecule has 2 nitrogen and oxygen atoms in total. The zero-order valence-electron chi connectivity index (χ0n) is 9.85. The molecule has 0 atom stereocenters. The van der Waals surface area contributed by atoms with Gasteiger partial charge in [0.1, 0.15) is 5.65 Å². The summed E-state index contributed by atoms with van der Waals surface area (Å²) in [5, 5.41) is 1.21. The Kier molecular flexibility index (Phi) is 1.92. The highest BCUT2D eigenvalue weighted by molar-refractivity contribution is 5.98. The molecule has 0 spiro atoms. The number of hydrogen-bond donors (Lipinski definition) is 1. The van der Waals surface area contributed by atoms with Gasteiger partial charge >= 0.3 is 0 Å². The number of aromatic amines is 1. The largest absolute Gasteiger partial charge is 0.346 e. The van der Waals surface area contributed by atoms with Crippen LogP contribution in [0.1, 0.15) is 16.7 Å². The van der Waals surface area contributed by atoms with Crippen LogP contribution in [0, 0.1) is 0 Å². The second-order valence-electron chi connectivity index (χ2n) is 4.65. The molecular weight excluding hydrogens is 220 g/mol. The van der Waals surface area contributed by atoms with Gasteiger partial charge in [-0.1, -0.05) is 30.3 Å². The van der Waals surface area contributed by atoms with Crippen LogP contribution < -0.4 is 0 Å². The van der Waals surface area contributed by atoms with Gasteiger partial charge in [0.2, 0.25) is 0 Å². The fourth-order valence-electron chi connectivity index (χ4n) is 2.67. The van der Waals surface area contributed by atoms with Crippen molar-refractivity contribution in [3.05, 3.63) is 65.5 Å². The smallest absolute Gasteiger partial charge is 0.137 e. The number of nitrogens with one attached hydrogen (secondary N) is 1. The molecule has 1 aliphatic rings. The molecule has 0 radical (unpaired) electrons. The van der Waals surface area contributed by atoms with Gasteiger partial charge in [0.05, 0.1) is 0 Å². The van der Waals surface area contributed by atoms with E-state index in [-0.39, 0.29) is 0 Å². The summed E-state index contributed by atoms with van der Waals surface area (Å²) in [6.45, 7) is 0. The number of nitrogens with zero attached hydrogens (tertiary/aromatic N) is 1. The molecule has 0 amide bonds. The van der Waals surface area contributed by atoms with E-state index in [0.717, 1.165) is 12.1 Å². The summed E-state index contributed by atoms with van der Waals surface area (Å²) in [5.74, 6) is 0. The maximum atomic E-state index is 4.34. The molecule has 0 saturated carbocycles. The first-order valence-electron chi connectivity index (χ1n) is 6.13. The molecule has 0 aliphatic heterocycles. The van der Waals surface area contributed by atoms with Crippen LogP contribution >= 0.6 is 0 Å². The van der Waals surface area contributed by atoms with Gasteiger partial charge in [0, 0.05) is 23.3 Å². The Bertz CT molecular complexity index is 765. The van der Waals surface area contributed by atoms with Gasteiger partial charge in [-0.2, -0.15) is 0 Å². The minimum atomic E-state index is 0.962. The van der Waals surface area contributed by atoms with E-state index in [1.807, 2.05) is 12.3 Å². The van der Waals surface area contributed by atoms with Gasteiger partial charge in [-0.3, -0.25) is 0 Å². The lowest BCUT2D eigenvalue weighted by Crippen LogP contribution is -1.84. The maximum Gasteiger partial charge on any atom is 0.137 e. The van der Waals surface area contributed by atoms with Gasteiger partial charge in [-0.15, -0.1) is 0 Å². The van der Waals surface area contributed by atoms with E-state index in [1.54, 1.807) is 0 Å². The molecule has 3 aromatic rings. The molecule has 18 heavy (non-hydrogen) atoms. The van der Waals surface area contributed by atoms with Crippen molar-refractivity contribution >= 4 is 22.7 Å². The summed E-state index contributed by atoms with van der Waals surface area (Å²) in [6.07, 6.45) is 7.18. The van der Waals surface area contributed by atoms with E-state index in [0.29, 0.717) is 0 Å². The van der Waals surface area contributed by atoms with E-state index in [2.05, 4.69) is 52.6 Å². The molecule has 0 bridgehead atoms. The van der Waals surface area contributed by atoms with Crippen LogP contribution in [-0.4, -0.2) is 9.97 Å². The molecule has 0 saturated heterocycles. The van der Waals surface area contributed by atoms with Crippen molar-refractivity contribution < 1.29 is 0 Å². The number of benzene rings is 1. The average molecular weight is 232 g/mol. The Morgan fingerprint density at radius 1 is 1.06 bits per heavy atom. The van der Waals surface area contributed by atoms with Crippen LogP contribution in [0.2, 0.25) is 0 Å². The number of hydrogen-bond acceptors (Lipinski definition) is 1. The normalized spacial score (nSPS) is 13.7. The number of aromatic nitrogens is 2. The number of allylic oxidation sites excluding steroid dienone is 1. The van der Waals surface area contributed by atoms with Crippen molar-refractivity contribution in [1.82, 2.24) is 9.97 Å². The third-order valence-electron chi connectivity index (χ3n) is 3.56. The molecule has 2 aromatic heterocycles. The van der Waals surface area contributed by atoms with Gasteiger partial charge < -0.3 is 4.98 Å². The molecule has 1 aromatic carbocycles. The van der Waals surface area contributed by atoms with Crippen molar-refractivity contribution in [1.29, 1.82) is 0 Å². The van der Waals surface area contributed by atoms with E-state index in [9.17, 15) is 0 Å². The Balaban J connectivity index is 1.87. The van der Waals surface area contributed by atoms with Crippen molar-refractivity contribution in [3.8, 4) is 0 Å². The Morgan fingerprint density at radius 2 is 2.00 bits per heavy atom. The lowest BCUT2D eigenvalue weighted by Gasteiger charge is -1.99. The molecule has 4 rings (SSSR count). The molecule has 86 valence electrons. The number of rotatable bonds is 1. The monoisotopic (exact) mass is 232 g/mol. The van der Waals surface area contributed by atoms with Crippen molar-refractivity contribution in [2.24, 2.45) is 0 Å². The number of H-pyrrole nitrogens is 1. The van der Waals surface area contributed by atoms with E-state index >= 15 is 0 Å². The van der Waals surface area contributed by atoms with Gasteiger partial charge in [-0.05, 0) is 35.3 Å². The zero-order chi connectivity index (χ0) is 11.9. The number of pyridine rings is 1. The Labute approximate surface area is 105 Å². The molecular formula is C16H12N2. The SMILES string of the molecule is C1=C(c2c[nH]c3ncccc23)Cc2ccccc21. The molecule has 1 aliphatic carbocycles. The summed E-state index contributed by atoms with van der Waals surface area (Å²) in [4.78, 5) is 7.58. The number of fused-ring (bicyclic) bond motifs is 2. The van der Waals surface area contributed by atoms with Crippen molar-refractivity contribution in [2.45, 2.75) is 6.42 Å². The van der Waals surface area contributed by atoms with Crippen LogP contribution in [0.5, 0.6) is 0 Å². The maximum absolute atomic E-state index is 4.34. The van der Waals surface area contributed by atoms with Crippen LogP contribution in [0.3, 0.4) is 0 Å². The van der Waals surface area contributed by atoms with Crippen LogP contribution in [-0.2, 0) is 6.42 Å². The Hall–Kier alpha value is -2.35. The topological polar surface area (TPSA) is 28.7 Å². The summed E-state index contributed by atoms with van der Waals surface area (Å²) in [6, 6.07) is 12.7. The first-order valence-corrected chi connectivity index (χ1v) is 6.13. The van der Waals surface area contributed by atoms with E-state index in [1.165, 1.54) is 27.6 Å². The zero-order valence-corrected chi connectivity index (χ0v) is 9.85. The lowest BCUT2D eigenvalue weighted by atomic mass is 10.0. The van der Waals surface area contributed by atoms with Gasteiger partial charge in [0.25, 0.3) is 0 Å². The third-order valence-corrected chi connectivity index (χ3v) is 3.56. The van der Waals surface area contributed by atoms with Gasteiger partial charge in [-0.25, -0.2) is 4.98 Å². The second kappa shape index (κ2) is 3.57. The highest BCUT2D eigenvalue weighted by atomic mass is 14.8. The van der Waals surface area contributed by atoms with Crippen LogP contribution in [0.4, 0.5) is 0 Å². The Morgan fingerprint density at radius 3 is 2.94 bits per heavy atom. The lowest BCUT2D eigenvalue weighted by molar-refractivity contribution is 1.31. The van der Waals surface area contributed by atoms with E-state index in [4.69, 9.17) is 0 Å². The molecule has 1 N–H and O–H groups in total. The summed E-state index contributed by atoms with van der Waals surface area (Å²) in [5.41, 5.74) is 6.35. The predicted octanol–water partition coefficient (Wildman–Crippen LogP) is 3.66. The molecule has 2 heteroatoms.